The Morgan fingerprint density at radius 3 is 2.38 bits per heavy atom. The first-order valence-electron chi connectivity index (χ1n) is 10.6. The Morgan fingerprint density at radius 2 is 1.76 bits per heavy atom. The van der Waals surface area contributed by atoms with Crippen molar-refractivity contribution < 1.29 is 17.6 Å². The van der Waals surface area contributed by atoms with E-state index in [9.17, 15) is 17.6 Å². The van der Waals surface area contributed by atoms with Gasteiger partial charge >= 0.3 is 0 Å². The standard InChI is InChI=1S/C24H25Cl2FN2O3S2/c1-3-11-29(34(31,32)23-13-19(25)6-9-21(23)26)16-24(30)28(15-22-17(2)10-12-33-22)14-18-4-7-20(27)8-5-18/h4-10,12-13H,3,11,14-16H2,1-2H3. The molecule has 5 nitrogen and oxygen atoms in total. The highest BCUT2D eigenvalue weighted by molar-refractivity contribution is 7.89. The third kappa shape index (κ3) is 6.58. The number of thiophene rings is 1. The van der Waals surface area contributed by atoms with Crippen LogP contribution in [0, 0.1) is 12.7 Å². The Labute approximate surface area is 213 Å². The van der Waals surface area contributed by atoms with Gasteiger partial charge in [0.05, 0.1) is 18.1 Å². The predicted octanol–water partition coefficient (Wildman–Crippen LogP) is 6.13. The normalized spacial score (nSPS) is 11.7. The smallest absolute Gasteiger partial charge is 0.245 e. The fourth-order valence-electron chi connectivity index (χ4n) is 3.38. The van der Waals surface area contributed by atoms with Gasteiger partial charge in [0.2, 0.25) is 15.9 Å². The molecule has 0 unspecified atom stereocenters. The number of carbonyl (C=O) groups is 1. The van der Waals surface area contributed by atoms with Gasteiger partial charge in [-0.3, -0.25) is 4.79 Å². The molecule has 10 heteroatoms. The van der Waals surface area contributed by atoms with Crippen molar-refractivity contribution in [3.8, 4) is 0 Å². The number of carbonyl (C=O) groups excluding carboxylic acids is 1. The summed E-state index contributed by atoms with van der Waals surface area (Å²) >= 11 is 13.7. The number of rotatable bonds is 10. The second-order valence-corrected chi connectivity index (χ2v) is 11.6. The van der Waals surface area contributed by atoms with Crippen LogP contribution in [0.5, 0.6) is 0 Å². The zero-order valence-corrected chi connectivity index (χ0v) is 21.9. The number of amides is 1. The van der Waals surface area contributed by atoms with Gasteiger partial charge in [-0.1, -0.05) is 42.3 Å². The summed E-state index contributed by atoms with van der Waals surface area (Å²) in [6.07, 6.45) is 0.507. The molecule has 182 valence electrons. The molecule has 3 aromatic rings. The number of sulfonamides is 1. The second kappa shape index (κ2) is 11.6. The van der Waals surface area contributed by atoms with Crippen LogP contribution < -0.4 is 0 Å². The first kappa shape index (κ1) is 26.6. The van der Waals surface area contributed by atoms with Crippen molar-refractivity contribution >= 4 is 50.5 Å². The van der Waals surface area contributed by atoms with Gasteiger partial charge in [0.15, 0.2) is 0 Å². The van der Waals surface area contributed by atoms with Crippen molar-refractivity contribution in [3.05, 3.63) is 85.8 Å². The molecule has 0 bridgehead atoms. The summed E-state index contributed by atoms with van der Waals surface area (Å²) in [5.41, 5.74) is 1.79. The largest absolute Gasteiger partial charge is 0.332 e. The summed E-state index contributed by atoms with van der Waals surface area (Å²) in [4.78, 5) is 15.9. The molecule has 0 fully saturated rings. The fourth-order valence-corrected chi connectivity index (χ4v) is 6.52. The molecule has 0 saturated carbocycles. The number of benzene rings is 2. The lowest BCUT2D eigenvalue weighted by molar-refractivity contribution is -0.132. The van der Waals surface area contributed by atoms with E-state index in [2.05, 4.69) is 0 Å². The Morgan fingerprint density at radius 1 is 1.06 bits per heavy atom. The lowest BCUT2D eigenvalue weighted by Gasteiger charge is -2.27. The molecule has 0 N–H and O–H groups in total. The maximum absolute atomic E-state index is 13.5. The topological polar surface area (TPSA) is 57.7 Å². The molecule has 3 rings (SSSR count). The van der Waals surface area contributed by atoms with Crippen molar-refractivity contribution in [2.45, 2.75) is 38.3 Å². The number of nitrogens with zero attached hydrogens (tertiary/aromatic N) is 2. The molecule has 0 saturated heterocycles. The summed E-state index contributed by atoms with van der Waals surface area (Å²) in [5, 5.41) is 2.22. The second-order valence-electron chi connectivity index (χ2n) is 7.82. The van der Waals surface area contributed by atoms with Crippen molar-refractivity contribution in [2.75, 3.05) is 13.1 Å². The van der Waals surface area contributed by atoms with Gasteiger partial charge in [0.1, 0.15) is 10.7 Å². The van der Waals surface area contributed by atoms with Crippen LogP contribution in [0.25, 0.3) is 0 Å². The fraction of sp³-hybridized carbons (Fsp3) is 0.292. The van der Waals surface area contributed by atoms with Gasteiger partial charge in [-0.15, -0.1) is 11.3 Å². The maximum atomic E-state index is 13.5. The summed E-state index contributed by atoms with van der Waals surface area (Å²) in [7, 11) is -4.07. The molecule has 2 aromatic carbocycles. The Kier molecular flexibility index (Phi) is 9.12. The number of aryl methyl sites for hydroxylation is 1. The average Bonchev–Trinajstić information content (AvgIpc) is 3.20. The molecule has 0 aliphatic heterocycles. The van der Waals surface area contributed by atoms with E-state index in [1.54, 1.807) is 17.0 Å². The SMILES string of the molecule is CCCN(CC(=O)N(Cc1ccc(F)cc1)Cc1sccc1C)S(=O)(=O)c1cc(Cl)ccc1Cl. The van der Waals surface area contributed by atoms with E-state index in [-0.39, 0.29) is 46.3 Å². The average molecular weight is 544 g/mol. The van der Waals surface area contributed by atoms with Crippen LogP contribution >= 0.6 is 34.5 Å². The van der Waals surface area contributed by atoms with Gasteiger partial charge in [0, 0.05) is 23.0 Å². The van der Waals surface area contributed by atoms with Gasteiger partial charge in [-0.25, -0.2) is 12.8 Å². The molecule has 0 aliphatic carbocycles. The zero-order chi connectivity index (χ0) is 24.9. The van der Waals surface area contributed by atoms with Crippen molar-refractivity contribution in [2.24, 2.45) is 0 Å². The molecule has 0 radical (unpaired) electrons. The molecule has 0 aliphatic rings. The van der Waals surface area contributed by atoms with E-state index in [0.717, 1.165) is 20.3 Å². The van der Waals surface area contributed by atoms with E-state index in [1.165, 1.54) is 41.7 Å². The van der Waals surface area contributed by atoms with Crippen LogP contribution in [0.4, 0.5) is 4.39 Å². The third-order valence-electron chi connectivity index (χ3n) is 5.24. The molecule has 0 atom stereocenters. The number of halogens is 3. The van der Waals surface area contributed by atoms with Crippen molar-refractivity contribution in [1.29, 1.82) is 0 Å². The lowest BCUT2D eigenvalue weighted by Crippen LogP contribution is -2.42. The van der Waals surface area contributed by atoms with Gasteiger partial charge in [0.25, 0.3) is 0 Å². The van der Waals surface area contributed by atoms with Crippen LogP contribution in [0.1, 0.15) is 29.3 Å². The van der Waals surface area contributed by atoms with Crippen LogP contribution in [-0.2, 0) is 27.9 Å². The van der Waals surface area contributed by atoms with Gasteiger partial charge in [-0.2, -0.15) is 4.31 Å². The van der Waals surface area contributed by atoms with E-state index in [1.807, 2.05) is 25.3 Å². The van der Waals surface area contributed by atoms with Gasteiger partial charge < -0.3 is 4.90 Å². The van der Waals surface area contributed by atoms with E-state index in [0.29, 0.717) is 13.0 Å². The highest BCUT2D eigenvalue weighted by Crippen LogP contribution is 2.28. The van der Waals surface area contributed by atoms with E-state index in [4.69, 9.17) is 23.2 Å². The summed E-state index contributed by atoms with van der Waals surface area (Å²) < 4.78 is 41.3. The Bertz CT molecular complexity index is 1250. The third-order valence-corrected chi connectivity index (χ3v) is 8.81. The summed E-state index contributed by atoms with van der Waals surface area (Å²) in [6.45, 7) is 4.11. The van der Waals surface area contributed by atoms with Crippen LogP contribution in [-0.4, -0.2) is 36.6 Å². The number of hydrogen-bond acceptors (Lipinski definition) is 4. The Hall–Kier alpha value is -1.97. The zero-order valence-electron chi connectivity index (χ0n) is 18.8. The summed E-state index contributed by atoms with van der Waals surface area (Å²) in [5.74, 6) is -0.735. The molecule has 1 amide bonds. The Balaban J connectivity index is 1.90. The van der Waals surface area contributed by atoms with E-state index >= 15 is 0 Å². The first-order valence-corrected chi connectivity index (χ1v) is 13.7. The van der Waals surface area contributed by atoms with Crippen LogP contribution in [0.3, 0.4) is 0 Å². The van der Waals surface area contributed by atoms with Crippen LogP contribution in [0.2, 0.25) is 10.0 Å². The minimum absolute atomic E-state index is 0.0373. The monoisotopic (exact) mass is 542 g/mol. The molecule has 34 heavy (non-hydrogen) atoms. The van der Waals surface area contributed by atoms with E-state index < -0.39 is 10.0 Å². The van der Waals surface area contributed by atoms with Crippen molar-refractivity contribution in [3.63, 3.8) is 0 Å². The minimum atomic E-state index is -4.07. The maximum Gasteiger partial charge on any atom is 0.245 e. The highest BCUT2D eigenvalue weighted by Gasteiger charge is 2.30. The minimum Gasteiger partial charge on any atom is -0.332 e. The highest BCUT2D eigenvalue weighted by atomic mass is 35.5. The molecular weight excluding hydrogens is 518 g/mol. The van der Waals surface area contributed by atoms with Gasteiger partial charge in [-0.05, 0) is 66.2 Å². The van der Waals surface area contributed by atoms with Crippen molar-refractivity contribution in [1.82, 2.24) is 9.21 Å². The predicted molar refractivity (Wildman–Crippen MR) is 135 cm³/mol. The summed E-state index contributed by atoms with van der Waals surface area (Å²) in [6, 6.07) is 12.1. The molecule has 1 heterocycles. The first-order chi connectivity index (χ1) is 16.1. The molecular formula is C24H25Cl2FN2O3S2. The quantitative estimate of drug-likeness (QED) is 0.309. The molecule has 0 spiro atoms. The molecule has 1 aromatic heterocycles. The van der Waals surface area contributed by atoms with Crippen LogP contribution in [0.15, 0.2) is 58.8 Å². The lowest BCUT2D eigenvalue weighted by atomic mass is 10.2. The number of hydrogen-bond donors (Lipinski definition) is 0.